The molecule has 1 aliphatic heterocycles. The Bertz CT molecular complexity index is 470. The molecule has 0 saturated carbocycles. The van der Waals surface area contributed by atoms with Crippen LogP contribution in [0.4, 0.5) is 5.69 Å². The standard InChI is InChI=1S/C15H21Cl2N3O/c1-20(10-11-4-3-8-18-11)9-7-14(21)19-15-12(16)5-2-6-13(15)17/h2,5-6,11,18H,3-4,7-10H2,1H3,(H,19,21). The summed E-state index contributed by atoms with van der Waals surface area (Å²) in [6, 6.07) is 5.72. The molecule has 0 radical (unpaired) electrons. The average Bonchev–Trinajstić information content (AvgIpc) is 2.94. The molecule has 4 nitrogen and oxygen atoms in total. The fourth-order valence-electron chi connectivity index (χ4n) is 2.49. The first-order valence-corrected chi connectivity index (χ1v) is 7.97. The van der Waals surface area contributed by atoms with Crippen molar-refractivity contribution in [1.82, 2.24) is 10.2 Å². The predicted octanol–water partition coefficient (Wildman–Crippen LogP) is 3.01. The molecule has 1 saturated heterocycles. The Morgan fingerprint density at radius 1 is 1.43 bits per heavy atom. The minimum absolute atomic E-state index is 0.0729. The molecular weight excluding hydrogens is 309 g/mol. The van der Waals surface area contributed by atoms with Crippen molar-refractivity contribution in [3.05, 3.63) is 28.2 Å². The first-order chi connectivity index (χ1) is 10.1. The van der Waals surface area contributed by atoms with E-state index in [1.54, 1.807) is 18.2 Å². The molecule has 1 fully saturated rings. The van der Waals surface area contributed by atoms with Gasteiger partial charge in [0.2, 0.25) is 5.91 Å². The van der Waals surface area contributed by atoms with Gasteiger partial charge >= 0.3 is 0 Å². The van der Waals surface area contributed by atoms with Gasteiger partial charge in [-0.25, -0.2) is 0 Å². The fourth-order valence-corrected chi connectivity index (χ4v) is 2.98. The molecule has 1 unspecified atom stereocenters. The van der Waals surface area contributed by atoms with Crippen LogP contribution in [0, 0.1) is 0 Å². The number of carbonyl (C=O) groups is 1. The van der Waals surface area contributed by atoms with E-state index in [2.05, 4.69) is 15.5 Å². The summed E-state index contributed by atoms with van der Waals surface area (Å²) < 4.78 is 0. The molecule has 116 valence electrons. The zero-order valence-corrected chi connectivity index (χ0v) is 13.7. The normalized spacial score (nSPS) is 18.2. The zero-order valence-electron chi connectivity index (χ0n) is 12.2. The second-order valence-corrected chi connectivity index (χ2v) is 6.26. The predicted molar refractivity (Wildman–Crippen MR) is 88.2 cm³/mol. The molecule has 1 aromatic carbocycles. The van der Waals surface area contributed by atoms with Crippen LogP contribution in [0.5, 0.6) is 0 Å². The van der Waals surface area contributed by atoms with Gasteiger partial charge in [0.25, 0.3) is 0 Å². The molecule has 6 heteroatoms. The summed E-state index contributed by atoms with van der Waals surface area (Å²) in [4.78, 5) is 14.2. The van der Waals surface area contributed by atoms with E-state index in [0.717, 1.165) is 13.1 Å². The van der Waals surface area contributed by atoms with Crippen LogP contribution >= 0.6 is 23.2 Å². The molecule has 0 aliphatic carbocycles. The number of hydrogen-bond donors (Lipinski definition) is 2. The van der Waals surface area contributed by atoms with Gasteiger partial charge in [0.05, 0.1) is 15.7 Å². The van der Waals surface area contributed by atoms with E-state index >= 15 is 0 Å². The highest BCUT2D eigenvalue weighted by atomic mass is 35.5. The molecule has 1 atom stereocenters. The fraction of sp³-hybridized carbons (Fsp3) is 0.533. The second-order valence-electron chi connectivity index (χ2n) is 5.45. The molecule has 0 aromatic heterocycles. The Balaban J connectivity index is 1.76. The van der Waals surface area contributed by atoms with Gasteiger partial charge in [-0.2, -0.15) is 0 Å². The Hall–Kier alpha value is -0.810. The van der Waals surface area contributed by atoms with Gasteiger partial charge in [-0.15, -0.1) is 0 Å². The lowest BCUT2D eigenvalue weighted by Crippen LogP contribution is -2.36. The van der Waals surface area contributed by atoms with E-state index in [1.807, 2.05) is 7.05 Å². The lowest BCUT2D eigenvalue weighted by Gasteiger charge is -2.20. The van der Waals surface area contributed by atoms with Crippen molar-refractivity contribution in [1.29, 1.82) is 0 Å². The van der Waals surface area contributed by atoms with E-state index in [9.17, 15) is 4.79 Å². The number of amides is 1. The van der Waals surface area contributed by atoms with E-state index < -0.39 is 0 Å². The summed E-state index contributed by atoms with van der Waals surface area (Å²) in [5.74, 6) is -0.0729. The van der Waals surface area contributed by atoms with E-state index in [1.165, 1.54) is 12.8 Å². The first kappa shape index (κ1) is 16.6. The smallest absolute Gasteiger partial charge is 0.225 e. The maximum Gasteiger partial charge on any atom is 0.225 e. The number of nitrogens with zero attached hydrogens (tertiary/aromatic N) is 1. The first-order valence-electron chi connectivity index (χ1n) is 7.22. The summed E-state index contributed by atoms with van der Waals surface area (Å²) in [6.45, 7) is 2.79. The minimum atomic E-state index is -0.0729. The van der Waals surface area contributed by atoms with Gasteiger partial charge in [-0.1, -0.05) is 29.3 Å². The van der Waals surface area contributed by atoms with Crippen LogP contribution in [0.25, 0.3) is 0 Å². The molecule has 2 rings (SSSR count). The van der Waals surface area contributed by atoms with Gasteiger partial charge in [-0.3, -0.25) is 4.79 Å². The van der Waals surface area contributed by atoms with Crippen molar-refractivity contribution in [3.8, 4) is 0 Å². The van der Waals surface area contributed by atoms with E-state index in [0.29, 0.717) is 34.7 Å². The minimum Gasteiger partial charge on any atom is -0.324 e. The van der Waals surface area contributed by atoms with Crippen molar-refractivity contribution in [2.75, 3.05) is 32.0 Å². The molecule has 21 heavy (non-hydrogen) atoms. The maximum atomic E-state index is 12.0. The number of likely N-dealkylation sites (N-methyl/N-ethyl adjacent to an activating group) is 1. The number of nitrogens with one attached hydrogen (secondary N) is 2. The largest absolute Gasteiger partial charge is 0.324 e. The van der Waals surface area contributed by atoms with E-state index in [4.69, 9.17) is 23.2 Å². The molecule has 1 aliphatic rings. The molecule has 1 heterocycles. The van der Waals surface area contributed by atoms with Gasteiger partial charge in [0, 0.05) is 25.6 Å². The molecule has 0 bridgehead atoms. The number of carbonyl (C=O) groups excluding carboxylic acids is 1. The Kier molecular flexibility index (Phi) is 6.30. The Morgan fingerprint density at radius 3 is 2.76 bits per heavy atom. The van der Waals surface area contributed by atoms with Crippen LogP contribution in [0.3, 0.4) is 0 Å². The van der Waals surface area contributed by atoms with Crippen molar-refractivity contribution >= 4 is 34.8 Å². The van der Waals surface area contributed by atoms with Crippen LogP contribution < -0.4 is 10.6 Å². The quantitative estimate of drug-likeness (QED) is 0.843. The van der Waals surface area contributed by atoms with Crippen LogP contribution in [-0.2, 0) is 4.79 Å². The highest BCUT2D eigenvalue weighted by molar-refractivity contribution is 6.39. The summed E-state index contributed by atoms with van der Waals surface area (Å²) in [5, 5.41) is 7.15. The molecular formula is C15H21Cl2N3O. The molecule has 1 aromatic rings. The molecule has 1 amide bonds. The van der Waals surface area contributed by atoms with E-state index in [-0.39, 0.29) is 5.91 Å². The average molecular weight is 330 g/mol. The third-order valence-electron chi connectivity index (χ3n) is 3.64. The zero-order chi connectivity index (χ0) is 15.2. The number of halogens is 2. The van der Waals surface area contributed by atoms with Gasteiger partial charge in [0.15, 0.2) is 0 Å². The summed E-state index contributed by atoms with van der Waals surface area (Å²) >= 11 is 12.1. The third kappa shape index (κ3) is 5.15. The monoisotopic (exact) mass is 329 g/mol. The Labute approximate surface area is 135 Å². The number of anilines is 1. The van der Waals surface area contributed by atoms with Crippen molar-refractivity contribution in [3.63, 3.8) is 0 Å². The van der Waals surface area contributed by atoms with Crippen molar-refractivity contribution < 1.29 is 4.79 Å². The summed E-state index contributed by atoms with van der Waals surface area (Å²) in [7, 11) is 2.04. The lowest BCUT2D eigenvalue weighted by atomic mass is 10.2. The number of hydrogen-bond acceptors (Lipinski definition) is 3. The highest BCUT2D eigenvalue weighted by Gasteiger charge is 2.16. The van der Waals surface area contributed by atoms with Crippen LogP contribution in [0.1, 0.15) is 19.3 Å². The Morgan fingerprint density at radius 2 is 2.14 bits per heavy atom. The van der Waals surface area contributed by atoms with Crippen LogP contribution in [0.15, 0.2) is 18.2 Å². The third-order valence-corrected chi connectivity index (χ3v) is 4.27. The van der Waals surface area contributed by atoms with Gasteiger partial charge in [0.1, 0.15) is 0 Å². The van der Waals surface area contributed by atoms with Crippen LogP contribution in [0.2, 0.25) is 10.0 Å². The molecule has 0 spiro atoms. The number of rotatable bonds is 6. The van der Waals surface area contributed by atoms with Crippen molar-refractivity contribution in [2.45, 2.75) is 25.3 Å². The maximum absolute atomic E-state index is 12.0. The number of para-hydroxylation sites is 1. The summed E-state index contributed by atoms with van der Waals surface area (Å²) in [6.07, 6.45) is 2.88. The number of benzene rings is 1. The molecule has 2 N–H and O–H groups in total. The van der Waals surface area contributed by atoms with Gasteiger partial charge < -0.3 is 15.5 Å². The summed E-state index contributed by atoms with van der Waals surface area (Å²) in [5.41, 5.74) is 0.492. The van der Waals surface area contributed by atoms with Gasteiger partial charge in [-0.05, 0) is 38.6 Å². The highest BCUT2D eigenvalue weighted by Crippen LogP contribution is 2.29. The van der Waals surface area contributed by atoms with Crippen LogP contribution in [-0.4, -0.2) is 43.5 Å². The lowest BCUT2D eigenvalue weighted by molar-refractivity contribution is -0.116. The van der Waals surface area contributed by atoms with Crippen molar-refractivity contribution in [2.24, 2.45) is 0 Å². The SMILES string of the molecule is CN(CCC(=O)Nc1c(Cl)cccc1Cl)CC1CCCN1. The second kappa shape index (κ2) is 7.99. The topological polar surface area (TPSA) is 44.4 Å².